The number of rotatable bonds is 4. The Morgan fingerprint density at radius 3 is 2.83 bits per heavy atom. The second-order valence-corrected chi connectivity index (χ2v) is 4.04. The van der Waals surface area contributed by atoms with Crippen LogP contribution in [0.15, 0.2) is 22.6 Å². The molecular formula is C12H15FN4O. The third-order valence-electron chi connectivity index (χ3n) is 2.69. The zero-order valence-electron chi connectivity index (χ0n) is 10.5. The van der Waals surface area contributed by atoms with E-state index in [0.29, 0.717) is 11.6 Å². The summed E-state index contributed by atoms with van der Waals surface area (Å²) < 4.78 is 18.5. The van der Waals surface area contributed by atoms with Crippen molar-refractivity contribution < 1.29 is 8.81 Å². The summed E-state index contributed by atoms with van der Waals surface area (Å²) in [5.74, 6) is 0.167. The van der Waals surface area contributed by atoms with E-state index in [9.17, 15) is 4.39 Å². The lowest BCUT2D eigenvalue weighted by molar-refractivity contribution is 0.443. The summed E-state index contributed by atoms with van der Waals surface area (Å²) in [5.41, 5.74) is 1.51. The molecule has 2 aromatic rings. The summed E-state index contributed by atoms with van der Waals surface area (Å²) in [6.45, 7) is 3.78. The predicted molar refractivity (Wildman–Crippen MR) is 66.2 cm³/mol. The maximum Gasteiger partial charge on any atom is 0.320 e. The van der Waals surface area contributed by atoms with Gasteiger partial charge in [-0.1, -0.05) is 11.2 Å². The van der Waals surface area contributed by atoms with Gasteiger partial charge in [0.15, 0.2) is 0 Å². The first-order chi connectivity index (χ1) is 8.60. The molecule has 0 fully saturated rings. The van der Waals surface area contributed by atoms with Gasteiger partial charge in [-0.15, -0.1) is 5.10 Å². The average Bonchev–Trinajstić information content (AvgIpc) is 2.81. The molecule has 0 saturated carbocycles. The van der Waals surface area contributed by atoms with Gasteiger partial charge in [0, 0.05) is 5.69 Å². The van der Waals surface area contributed by atoms with Crippen molar-refractivity contribution in [2.45, 2.75) is 19.9 Å². The van der Waals surface area contributed by atoms with E-state index in [0.717, 1.165) is 5.56 Å². The number of anilines is 2. The van der Waals surface area contributed by atoms with Gasteiger partial charge in [-0.2, -0.15) is 0 Å². The molecule has 2 rings (SSSR count). The van der Waals surface area contributed by atoms with Crippen LogP contribution in [0, 0.1) is 12.7 Å². The largest absolute Gasteiger partial charge is 0.406 e. The first kappa shape index (κ1) is 12.5. The monoisotopic (exact) mass is 250 g/mol. The summed E-state index contributed by atoms with van der Waals surface area (Å²) in [7, 11) is 1.80. The van der Waals surface area contributed by atoms with Crippen LogP contribution in [0.5, 0.6) is 0 Å². The molecular weight excluding hydrogens is 235 g/mol. The molecule has 0 aliphatic carbocycles. The van der Waals surface area contributed by atoms with Crippen molar-refractivity contribution in [1.82, 2.24) is 15.5 Å². The minimum Gasteiger partial charge on any atom is -0.406 e. The molecule has 0 aliphatic rings. The Kier molecular flexibility index (Phi) is 3.57. The van der Waals surface area contributed by atoms with Crippen LogP contribution in [0.1, 0.15) is 24.4 Å². The highest BCUT2D eigenvalue weighted by Gasteiger charge is 2.12. The van der Waals surface area contributed by atoms with E-state index in [1.165, 1.54) is 12.1 Å². The van der Waals surface area contributed by atoms with Crippen LogP contribution in [-0.4, -0.2) is 17.2 Å². The van der Waals surface area contributed by atoms with Crippen molar-refractivity contribution in [3.63, 3.8) is 0 Å². The fraction of sp³-hybridized carbons (Fsp3) is 0.333. The molecule has 1 heterocycles. The Morgan fingerprint density at radius 2 is 2.11 bits per heavy atom. The summed E-state index contributed by atoms with van der Waals surface area (Å²) >= 11 is 0. The number of aryl methyl sites for hydroxylation is 1. The second kappa shape index (κ2) is 5.14. The minimum atomic E-state index is -0.313. The van der Waals surface area contributed by atoms with Crippen molar-refractivity contribution in [2.75, 3.05) is 12.4 Å². The number of hydrogen-bond donors (Lipinski definition) is 2. The highest BCUT2D eigenvalue weighted by Crippen LogP contribution is 2.21. The van der Waals surface area contributed by atoms with E-state index >= 15 is 0 Å². The zero-order valence-corrected chi connectivity index (χ0v) is 10.5. The van der Waals surface area contributed by atoms with Crippen molar-refractivity contribution in [3.05, 3.63) is 35.5 Å². The standard InChI is InChI=1S/C12H15FN4O/c1-7-4-5-9(13)6-10(7)15-12-17-16-11(18-12)8(2)14-3/h4-6,8,14H,1-3H3,(H,15,17). The maximum atomic E-state index is 13.1. The number of nitrogens with one attached hydrogen (secondary N) is 2. The van der Waals surface area contributed by atoms with Crippen molar-refractivity contribution >= 4 is 11.7 Å². The van der Waals surface area contributed by atoms with E-state index in [-0.39, 0.29) is 17.9 Å². The Labute approximate surface area is 104 Å². The molecule has 1 unspecified atom stereocenters. The van der Waals surface area contributed by atoms with Crippen LogP contribution in [-0.2, 0) is 0 Å². The SMILES string of the molecule is CNC(C)c1nnc(Nc2cc(F)ccc2C)o1. The normalized spacial score (nSPS) is 12.4. The lowest BCUT2D eigenvalue weighted by atomic mass is 10.2. The number of hydrogen-bond acceptors (Lipinski definition) is 5. The van der Waals surface area contributed by atoms with Crippen LogP contribution in [0.2, 0.25) is 0 Å². The highest BCUT2D eigenvalue weighted by molar-refractivity contribution is 5.57. The van der Waals surface area contributed by atoms with Crippen LogP contribution < -0.4 is 10.6 Å². The number of halogens is 1. The smallest absolute Gasteiger partial charge is 0.320 e. The third-order valence-corrected chi connectivity index (χ3v) is 2.69. The molecule has 0 saturated heterocycles. The Hall–Kier alpha value is -1.95. The number of benzene rings is 1. The lowest BCUT2D eigenvalue weighted by Gasteiger charge is -2.05. The van der Waals surface area contributed by atoms with Gasteiger partial charge in [0.25, 0.3) is 0 Å². The Balaban J connectivity index is 2.18. The molecule has 0 radical (unpaired) electrons. The van der Waals surface area contributed by atoms with E-state index in [4.69, 9.17) is 4.42 Å². The zero-order chi connectivity index (χ0) is 13.1. The number of aromatic nitrogens is 2. The molecule has 0 bridgehead atoms. The molecule has 1 atom stereocenters. The molecule has 6 heteroatoms. The van der Waals surface area contributed by atoms with E-state index in [1.807, 2.05) is 13.8 Å². The average molecular weight is 250 g/mol. The summed E-state index contributed by atoms with van der Waals surface area (Å²) in [6, 6.07) is 4.71. The van der Waals surface area contributed by atoms with Gasteiger partial charge in [-0.05, 0) is 38.6 Å². The van der Waals surface area contributed by atoms with E-state index in [1.54, 1.807) is 13.1 Å². The van der Waals surface area contributed by atoms with Crippen molar-refractivity contribution in [3.8, 4) is 0 Å². The Bertz CT molecular complexity index is 541. The molecule has 1 aromatic carbocycles. The second-order valence-electron chi connectivity index (χ2n) is 4.04. The van der Waals surface area contributed by atoms with E-state index < -0.39 is 0 Å². The van der Waals surface area contributed by atoms with Crippen molar-refractivity contribution in [2.24, 2.45) is 0 Å². The highest BCUT2D eigenvalue weighted by atomic mass is 19.1. The molecule has 0 aliphatic heterocycles. The van der Waals surface area contributed by atoms with Gasteiger partial charge in [0.05, 0.1) is 6.04 Å². The number of nitrogens with zero attached hydrogens (tertiary/aromatic N) is 2. The van der Waals surface area contributed by atoms with Gasteiger partial charge >= 0.3 is 6.01 Å². The van der Waals surface area contributed by atoms with Crippen LogP contribution in [0.25, 0.3) is 0 Å². The summed E-state index contributed by atoms with van der Waals surface area (Å²) in [5, 5.41) is 13.7. The fourth-order valence-electron chi connectivity index (χ4n) is 1.43. The maximum absolute atomic E-state index is 13.1. The van der Waals surface area contributed by atoms with Crippen LogP contribution >= 0.6 is 0 Å². The molecule has 5 nitrogen and oxygen atoms in total. The fourth-order valence-corrected chi connectivity index (χ4v) is 1.43. The van der Waals surface area contributed by atoms with Crippen molar-refractivity contribution in [1.29, 1.82) is 0 Å². The van der Waals surface area contributed by atoms with Gasteiger partial charge in [0.1, 0.15) is 5.82 Å². The van der Waals surface area contributed by atoms with Crippen LogP contribution in [0.4, 0.5) is 16.1 Å². The molecule has 0 amide bonds. The van der Waals surface area contributed by atoms with Gasteiger partial charge in [-0.25, -0.2) is 4.39 Å². The third kappa shape index (κ3) is 2.65. The predicted octanol–water partition coefficient (Wildman–Crippen LogP) is 2.54. The molecule has 1 aromatic heterocycles. The molecule has 96 valence electrons. The van der Waals surface area contributed by atoms with E-state index in [2.05, 4.69) is 20.8 Å². The topological polar surface area (TPSA) is 63.0 Å². The lowest BCUT2D eigenvalue weighted by Crippen LogP contribution is -2.12. The molecule has 2 N–H and O–H groups in total. The minimum absolute atomic E-state index is 0.0262. The summed E-state index contributed by atoms with van der Waals surface area (Å²) in [4.78, 5) is 0. The first-order valence-corrected chi connectivity index (χ1v) is 5.64. The van der Waals surface area contributed by atoms with Gasteiger partial charge in [0.2, 0.25) is 5.89 Å². The Morgan fingerprint density at radius 1 is 1.33 bits per heavy atom. The first-order valence-electron chi connectivity index (χ1n) is 5.64. The van der Waals surface area contributed by atoms with Crippen LogP contribution in [0.3, 0.4) is 0 Å². The molecule has 0 spiro atoms. The molecule has 18 heavy (non-hydrogen) atoms. The summed E-state index contributed by atoms with van der Waals surface area (Å²) in [6.07, 6.45) is 0. The van der Waals surface area contributed by atoms with Gasteiger partial charge < -0.3 is 15.1 Å². The quantitative estimate of drug-likeness (QED) is 0.873. The van der Waals surface area contributed by atoms with Gasteiger partial charge in [-0.3, -0.25) is 0 Å².